The zero-order chi connectivity index (χ0) is 12.3. The van der Waals surface area contributed by atoms with Crippen molar-refractivity contribution in [2.45, 2.75) is 19.4 Å². The van der Waals surface area contributed by atoms with Crippen LogP contribution >= 0.6 is 0 Å². The highest BCUT2D eigenvalue weighted by atomic mass is 16.6. The van der Waals surface area contributed by atoms with Gasteiger partial charge in [-0.05, 0) is 13.8 Å². The first kappa shape index (κ1) is 11.9. The van der Waals surface area contributed by atoms with Crippen molar-refractivity contribution >= 4 is 17.5 Å². The Balaban J connectivity index is 2.94. The molecular formula is C9H11N3O4. The molecule has 0 aliphatic rings. The summed E-state index contributed by atoms with van der Waals surface area (Å²) in [5, 5.41) is 21.9. The highest BCUT2D eigenvalue weighted by Crippen LogP contribution is 2.18. The van der Waals surface area contributed by atoms with Crippen molar-refractivity contribution in [3.63, 3.8) is 0 Å². The number of carboxylic acid groups (broad SMARTS) is 1. The summed E-state index contributed by atoms with van der Waals surface area (Å²) in [4.78, 5) is 24.5. The van der Waals surface area contributed by atoms with E-state index in [0.717, 1.165) is 0 Å². The van der Waals surface area contributed by atoms with Gasteiger partial charge in [-0.25, -0.2) is 9.78 Å². The molecule has 86 valence electrons. The zero-order valence-corrected chi connectivity index (χ0v) is 8.80. The Labute approximate surface area is 91.3 Å². The second-order valence-electron chi connectivity index (χ2n) is 3.71. The first-order valence-corrected chi connectivity index (χ1v) is 4.45. The maximum absolute atomic E-state index is 10.8. The summed E-state index contributed by atoms with van der Waals surface area (Å²) >= 11 is 0. The van der Waals surface area contributed by atoms with Gasteiger partial charge >= 0.3 is 5.97 Å². The third-order valence-electron chi connectivity index (χ3n) is 1.93. The number of carboxylic acids is 1. The van der Waals surface area contributed by atoms with E-state index in [2.05, 4.69) is 10.3 Å². The van der Waals surface area contributed by atoms with Gasteiger partial charge < -0.3 is 10.4 Å². The first-order chi connectivity index (χ1) is 7.33. The van der Waals surface area contributed by atoms with E-state index in [1.54, 1.807) is 0 Å². The average Bonchev–Trinajstić information content (AvgIpc) is 2.17. The quantitative estimate of drug-likeness (QED) is 0.590. The Morgan fingerprint density at radius 3 is 2.75 bits per heavy atom. The smallest absolute Gasteiger partial charge is 0.328 e. The number of nitrogens with zero attached hydrogens (tertiary/aromatic N) is 2. The van der Waals surface area contributed by atoms with Crippen molar-refractivity contribution in [2.75, 3.05) is 5.32 Å². The van der Waals surface area contributed by atoms with Gasteiger partial charge in [0.2, 0.25) is 0 Å². The van der Waals surface area contributed by atoms with Crippen LogP contribution in [0.15, 0.2) is 18.3 Å². The second kappa shape index (κ2) is 4.13. The summed E-state index contributed by atoms with van der Waals surface area (Å²) in [5.41, 5.74) is -1.37. The summed E-state index contributed by atoms with van der Waals surface area (Å²) in [5.74, 6) is -0.914. The first-order valence-electron chi connectivity index (χ1n) is 4.45. The van der Waals surface area contributed by atoms with E-state index in [9.17, 15) is 14.9 Å². The molecule has 2 N–H and O–H groups in total. The second-order valence-corrected chi connectivity index (χ2v) is 3.71. The molecular weight excluding hydrogens is 214 g/mol. The standard InChI is InChI=1S/C9H11N3O4/c1-9(2,8(13)14)11-7-5-6(12(15)16)3-4-10-7/h3-5H,1-2H3,(H,10,11)(H,13,14). The lowest BCUT2D eigenvalue weighted by Gasteiger charge is -2.21. The van der Waals surface area contributed by atoms with Gasteiger partial charge in [0.25, 0.3) is 5.69 Å². The van der Waals surface area contributed by atoms with E-state index in [0.29, 0.717) is 0 Å². The predicted octanol–water partition coefficient (Wildman–Crippen LogP) is 1.26. The summed E-state index contributed by atoms with van der Waals surface area (Å²) in [6, 6.07) is 2.42. The molecule has 7 nitrogen and oxygen atoms in total. The van der Waals surface area contributed by atoms with Crippen LogP contribution in [0.5, 0.6) is 0 Å². The van der Waals surface area contributed by atoms with Crippen molar-refractivity contribution in [2.24, 2.45) is 0 Å². The van der Waals surface area contributed by atoms with Crippen LogP contribution in [0, 0.1) is 10.1 Å². The summed E-state index contributed by atoms with van der Waals surface area (Å²) in [6.07, 6.45) is 1.25. The molecule has 0 bridgehead atoms. The summed E-state index contributed by atoms with van der Waals surface area (Å²) in [7, 11) is 0. The maximum atomic E-state index is 10.8. The van der Waals surface area contributed by atoms with Crippen LogP contribution in [-0.2, 0) is 4.79 Å². The Hall–Kier alpha value is -2.18. The third-order valence-corrected chi connectivity index (χ3v) is 1.93. The molecule has 16 heavy (non-hydrogen) atoms. The van der Waals surface area contributed by atoms with E-state index >= 15 is 0 Å². The van der Waals surface area contributed by atoms with Gasteiger partial charge in [-0.15, -0.1) is 0 Å². The highest BCUT2D eigenvalue weighted by Gasteiger charge is 2.27. The number of carbonyl (C=O) groups is 1. The van der Waals surface area contributed by atoms with E-state index < -0.39 is 16.4 Å². The van der Waals surface area contributed by atoms with E-state index in [1.165, 1.54) is 32.2 Å². The molecule has 0 saturated heterocycles. The van der Waals surface area contributed by atoms with Crippen molar-refractivity contribution in [1.82, 2.24) is 4.98 Å². The number of hydrogen-bond donors (Lipinski definition) is 2. The van der Waals surface area contributed by atoms with Crippen molar-refractivity contribution in [1.29, 1.82) is 0 Å². The van der Waals surface area contributed by atoms with E-state index in [4.69, 9.17) is 5.11 Å². The molecule has 0 aliphatic carbocycles. The zero-order valence-electron chi connectivity index (χ0n) is 8.80. The molecule has 0 saturated carbocycles. The number of pyridine rings is 1. The molecule has 0 atom stereocenters. The number of nitrogens with one attached hydrogen (secondary N) is 1. The fourth-order valence-corrected chi connectivity index (χ4v) is 0.975. The molecule has 1 aromatic heterocycles. The van der Waals surface area contributed by atoms with Crippen molar-refractivity contribution in [3.05, 3.63) is 28.4 Å². The van der Waals surface area contributed by atoms with Crippen LogP contribution in [-0.4, -0.2) is 26.5 Å². The summed E-state index contributed by atoms with van der Waals surface area (Å²) in [6.45, 7) is 2.88. The average molecular weight is 225 g/mol. The number of nitro groups is 1. The van der Waals surface area contributed by atoms with Gasteiger partial charge in [-0.2, -0.15) is 0 Å². The molecule has 0 amide bonds. The molecule has 7 heteroatoms. The van der Waals surface area contributed by atoms with Gasteiger partial charge in [0.05, 0.1) is 11.0 Å². The largest absolute Gasteiger partial charge is 0.480 e. The molecule has 0 radical (unpaired) electrons. The van der Waals surface area contributed by atoms with Crippen LogP contribution in [0.2, 0.25) is 0 Å². The van der Waals surface area contributed by atoms with Crippen LogP contribution in [0.25, 0.3) is 0 Å². The monoisotopic (exact) mass is 225 g/mol. The third kappa shape index (κ3) is 2.66. The highest BCUT2D eigenvalue weighted by molar-refractivity contribution is 5.81. The fourth-order valence-electron chi connectivity index (χ4n) is 0.975. The molecule has 0 aliphatic heterocycles. The van der Waals surface area contributed by atoms with Gasteiger partial charge in [0.15, 0.2) is 0 Å². The van der Waals surface area contributed by atoms with Gasteiger partial charge in [0, 0.05) is 12.3 Å². The minimum Gasteiger partial charge on any atom is -0.480 e. The van der Waals surface area contributed by atoms with Crippen molar-refractivity contribution < 1.29 is 14.8 Å². The topological polar surface area (TPSA) is 105 Å². The minimum atomic E-state index is -1.23. The fraction of sp³-hybridized carbons (Fsp3) is 0.333. The molecule has 0 aromatic carbocycles. The Morgan fingerprint density at radius 2 is 2.25 bits per heavy atom. The number of aliphatic carboxylic acids is 1. The lowest BCUT2D eigenvalue weighted by molar-refractivity contribution is -0.384. The molecule has 0 fully saturated rings. The number of rotatable bonds is 4. The van der Waals surface area contributed by atoms with Gasteiger partial charge in [-0.3, -0.25) is 10.1 Å². The number of hydrogen-bond acceptors (Lipinski definition) is 5. The Bertz CT molecular complexity index is 431. The SMILES string of the molecule is CC(C)(Nc1cc([N+](=O)[O-])ccn1)C(=O)O. The molecule has 1 aromatic rings. The van der Waals surface area contributed by atoms with Crippen molar-refractivity contribution in [3.8, 4) is 0 Å². The normalized spacial score (nSPS) is 10.9. The van der Waals surface area contributed by atoms with Crippen LogP contribution < -0.4 is 5.32 Å². The predicted molar refractivity (Wildman–Crippen MR) is 56.2 cm³/mol. The lowest BCUT2D eigenvalue weighted by atomic mass is 10.1. The molecule has 1 heterocycles. The molecule has 0 unspecified atom stereocenters. The Morgan fingerprint density at radius 1 is 1.62 bits per heavy atom. The van der Waals surface area contributed by atoms with Crippen LogP contribution in [0.4, 0.5) is 11.5 Å². The van der Waals surface area contributed by atoms with Gasteiger partial charge in [-0.1, -0.05) is 0 Å². The lowest BCUT2D eigenvalue weighted by Crippen LogP contribution is -2.40. The maximum Gasteiger partial charge on any atom is 0.328 e. The van der Waals surface area contributed by atoms with Crippen LogP contribution in [0.1, 0.15) is 13.8 Å². The van der Waals surface area contributed by atoms with E-state index in [-0.39, 0.29) is 11.5 Å². The number of anilines is 1. The Kier molecular flexibility index (Phi) is 3.07. The molecule has 0 spiro atoms. The minimum absolute atomic E-state index is 0.140. The molecule has 1 rings (SSSR count). The van der Waals surface area contributed by atoms with Crippen LogP contribution in [0.3, 0.4) is 0 Å². The number of aromatic nitrogens is 1. The van der Waals surface area contributed by atoms with Gasteiger partial charge in [0.1, 0.15) is 11.4 Å². The summed E-state index contributed by atoms with van der Waals surface area (Å²) < 4.78 is 0. The van der Waals surface area contributed by atoms with E-state index in [1.807, 2.05) is 0 Å².